The molecule has 1 aliphatic heterocycles. The number of nitrogens with zero attached hydrogens (tertiary/aromatic N) is 1. The Hall–Kier alpha value is -1.59. The molecule has 1 atom stereocenters. The highest BCUT2D eigenvalue weighted by Crippen LogP contribution is 2.18. The molecule has 0 radical (unpaired) electrons. The van der Waals surface area contributed by atoms with Gasteiger partial charge >= 0.3 is 0 Å². The Morgan fingerprint density at radius 3 is 2.62 bits per heavy atom. The van der Waals surface area contributed by atoms with Crippen LogP contribution in [-0.2, 0) is 14.3 Å². The van der Waals surface area contributed by atoms with Gasteiger partial charge in [0.15, 0.2) is 5.96 Å². The molecular formula is C23H39IN4O4. The van der Waals surface area contributed by atoms with Crippen LogP contribution in [0.1, 0.15) is 47.0 Å². The third-order valence-electron chi connectivity index (χ3n) is 4.87. The number of guanidine groups is 1. The first-order valence-corrected chi connectivity index (χ1v) is 11.1. The van der Waals surface area contributed by atoms with Crippen LogP contribution in [0.15, 0.2) is 29.3 Å². The van der Waals surface area contributed by atoms with E-state index in [4.69, 9.17) is 19.9 Å². The highest BCUT2D eigenvalue weighted by molar-refractivity contribution is 14.0. The lowest BCUT2D eigenvalue weighted by Gasteiger charge is -2.19. The normalized spacial score (nSPS) is 16.5. The third-order valence-corrected chi connectivity index (χ3v) is 4.87. The Bertz CT molecular complexity index is 704. The van der Waals surface area contributed by atoms with Crippen LogP contribution in [0.3, 0.4) is 0 Å². The molecule has 4 N–H and O–H groups in total. The minimum absolute atomic E-state index is 0. The molecule has 2 rings (SSSR count). The molecule has 1 aromatic rings. The zero-order chi connectivity index (χ0) is 22.7. The van der Waals surface area contributed by atoms with Crippen molar-refractivity contribution in [3.8, 4) is 5.75 Å². The molecule has 9 heteroatoms. The fourth-order valence-electron chi connectivity index (χ4n) is 2.89. The largest absolute Gasteiger partial charge is 0.491 e. The highest BCUT2D eigenvalue weighted by atomic mass is 127. The van der Waals surface area contributed by atoms with Crippen LogP contribution < -0.4 is 21.1 Å². The number of hydrogen-bond acceptors (Lipinski definition) is 5. The molecule has 0 saturated carbocycles. The summed E-state index contributed by atoms with van der Waals surface area (Å²) >= 11 is 0. The monoisotopic (exact) mass is 562 g/mol. The van der Waals surface area contributed by atoms with Gasteiger partial charge in [-0.05, 0) is 71.2 Å². The Kier molecular flexibility index (Phi) is 12.9. The Morgan fingerprint density at radius 2 is 2.03 bits per heavy atom. The van der Waals surface area contributed by atoms with E-state index in [1.54, 1.807) is 13.8 Å². The molecule has 1 aromatic carbocycles. The summed E-state index contributed by atoms with van der Waals surface area (Å²) in [5, 5.41) is 6.58. The molecule has 182 valence electrons. The van der Waals surface area contributed by atoms with Crippen molar-refractivity contribution in [1.29, 1.82) is 0 Å². The van der Waals surface area contributed by atoms with Crippen molar-refractivity contribution in [1.82, 2.24) is 5.32 Å². The van der Waals surface area contributed by atoms with Crippen molar-refractivity contribution in [2.75, 3.05) is 38.2 Å². The second kappa shape index (κ2) is 14.5. The predicted octanol–water partition coefficient (Wildman–Crippen LogP) is 3.55. The molecule has 0 spiro atoms. The Balaban J connectivity index is 0.00000512. The van der Waals surface area contributed by atoms with Crippen LogP contribution in [0, 0.1) is 5.41 Å². The zero-order valence-electron chi connectivity index (χ0n) is 19.7. The average molecular weight is 562 g/mol. The Labute approximate surface area is 209 Å². The van der Waals surface area contributed by atoms with E-state index in [1.807, 2.05) is 38.1 Å². The van der Waals surface area contributed by atoms with E-state index in [9.17, 15) is 4.79 Å². The number of benzene rings is 1. The molecule has 0 aromatic heterocycles. The van der Waals surface area contributed by atoms with Crippen molar-refractivity contribution >= 4 is 41.5 Å². The van der Waals surface area contributed by atoms with E-state index >= 15 is 0 Å². The molecule has 1 fully saturated rings. The molecular weight excluding hydrogens is 523 g/mol. The Morgan fingerprint density at radius 1 is 1.31 bits per heavy atom. The number of primary amides is 1. The summed E-state index contributed by atoms with van der Waals surface area (Å²) in [7, 11) is 0. The van der Waals surface area contributed by atoms with E-state index in [1.165, 1.54) is 0 Å². The molecule has 1 aliphatic rings. The highest BCUT2D eigenvalue weighted by Gasteiger charge is 2.24. The van der Waals surface area contributed by atoms with Gasteiger partial charge in [-0.3, -0.25) is 9.79 Å². The maximum atomic E-state index is 11.6. The van der Waals surface area contributed by atoms with Crippen molar-refractivity contribution in [2.45, 2.75) is 59.2 Å². The standard InChI is InChI=1S/C23H38N4O4.HI/c1-17(2)31-19-10-8-18(9-11-19)27-22(26-16-23(3,4)21(24)28)25-12-6-13-29-15-20-7-5-14-30-20;/h8-11,17,20H,5-7,12-16H2,1-4H3,(H2,24,28)(H2,25,26,27);1H. The number of ether oxygens (including phenoxy) is 3. The van der Waals surface area contributed by atoms with Crippen LogP contribution in [0.25, 0.3) is 0 Å². The number of aliphatic imine (C=N–C) groups is 1. The minimum atomic E-state index is -0.728. The summed E-state index contributed by atoms with van der Waals surface area (Å²) in [5.74, 6) is 1.02. The lowest BCUT2D eigenvalue weighted by atomic mass is 9.93. The number of nitrogens with one attached hydrogen (secondary N) is 2. The van der Waals surface area contributed by atoms with E-state index in [0.717, 1.165) is 37.3 Å². The molecule has 1 unspecified atom stereocenters. The van der Waals surface area contributed by atoms with E-state index in [2.05, 4.69) is 15.6 Å². The summed E-state index contributed by atoms with van der Waals surface area (Å²) in [6.45, 7) is 10.7. The number of nitrogens with two attached hydrogens (primary N) is 1. The lowest BCUT2D eigenvalue weighted by Crippen LogP contribution is -2.37. The van der Waals surface area contributed by atoms with Gasteiger partial charge in [0.05, 0.1) is 30.8 Å². The maximum absolute atomic E-state index is 11.6. The third kappa shape index (κ3) is 10.8. The number of carbonyl (C=O) groups excluding carboxylic acids is 1. The van der Waals surface area contributed by atoms with Crippen LogP contribution >= 0.6 is 24.0 Å². The quantitative estimate of drug-likeness (QED) is 0.156. The molecule has 0 aliphatic carbocycles. The van der Waals surface area contributed by atoms with Crippen LogP contribution in [0.4, 0.5) is 5.69 Å². The van der Waals surface area contributed by atoms with Gasteiger partial charge in [-0.15, -0.1) is 24.0 Å². The fraction of sp³-hybridized carbons (Fsp3) is 0.652. The van der Waals surface area contributed by atoms with E-state index in [-0.39, 0.29) is 48.6 Å². The lowest BCUT2D eigenvalue weighted by molar-refractivity contribution is -0.125. The fourth-order valence-corrected chi connectivity index (χ4v) is 2.89. The van der Waals surface area contributed by atoms with Crippen molar-refractivity contribution < 1.29 is 19.0 Å². The van der Waals surface area contributed by atoms with Crippen molar-refractivity contribution in [3.05, 3.63) is 24.3 Å². The first-order chi connectivity index (χ1) is 14.8. The first kappa shape index (κ1) is 28.4. The molecule has 1 amide bonds. The zero-order valence-corrected chi connectivity index (χ0v) is 22.0. The molecule has 1 saturated heterocycles. The second-order valence-corrected chi connectivity index (χ2v) is 8.72. The van der Waals surface area contributed by atoms with Gasteiger partial charge in [-0.2, -0.15) is 0 Å². The van der Waals surface area contributed by atoms with Gasteiger partial charge in [-0.1, -0.05) is 0 Å². The summed E-state index contributed by atoms with van der Waals surface area (Å²) in [6.07, 6.45) is 3.39. The first-order valence-electron chi connectivity index (χ1n) is 11.1. The second-order valence-electron chi connectivity index (χ2n) is 8.72. The molecule has 8 nitrogen and oxygen atoms in total. The topological polar surface area (TPSA) is 107 Å². The van der Waals surface area contributed by atoms with Gasteiger partial charge in [0.2, 0.25) is 5.91 Å². The number of rotatable bonds is 12. The number of hydrogen-bond donors (Lipinski definition) is 3. The van der Waals surface area contributed by atoms with Gasteiger partial charge in [0.25, 0.3) is 0 Å². The summed E-state index contributed by atoms with van der Waals surface area (Å²) in [6, 6.07) is 7.68. The molecule has 32 heavy (non-hydrogen) atoms. The van der Waals surface area contributed by atoms with Crippen molar-refractivity contribution in [3.63, 3.8) is 0 Å². The summed E-state index contributed by atoms with van der Waals surface area (Å²) in [4.78, 5) is 16.2. The molecule has 1 heterocycles. The van der Waals surface area contributed by atoms with E-state index < -0.39 is 5.41 Å². The number of amides is 1. The van der Waals surface area contributed by atoms with Gasteiger partial charge in [0.1, 0.15) is 5.75 Å². The number of carbonyl (C=O) groups is 1. The van der Waals surface area contributed by atoms with Crippen molar-refractivity contribution in [2.24, 2.45) is 16.1 Å². The van der Waals surface area contributed by atoms with E-state index in [0.29, 0.717) is 25.7 Å². The minimum Gasteiger partial charge on any atom is -0.491 e. The van der Waals surface area contributed by atoms with Gasteiger partial charge in [-0.25, -0.2) is 0 Å². The van der Waals surface area contributed by atoms with Crippen LogP contribution in [-0.4, -0.2) is 57.0 Å². The number of anilines is 1. The predicted molar refractivity (Wildman–Crippen MR) is 139 cm³/mol. The summed E-state index contributed by atoms with van der Waals surface area (Å²) in [5.41, 5.74) is 5.62. The SMILES string of the molecule is CC(C)Oc1ccc(NC(=NCC(C)(C)C(N)=O)NCCCOCC2CCCO2)cc1.I. The number of halogens is 1. The summed E-state index contributed by atoms with van der Waals surface area (Å²) < 4.78 is 17.0. The van der Waals surface area contributed by atoms with Crippen LogP contribution in [0.5, 0.6) is 5.75 Å². The average Bonchev–Trinajstić information content (AvgIpc) is 3.23. The van der Waals surface area contributed by atoms with Crippen LogP contribution in [0.2, 0.25) is 0 Å². The maximum Gasteiger partial charge on any atom is 0.224 e. The van der Waals surface area contributed by atoms with Gasteiger partial charge in [0, 0.05) is 25.4 Å². The van der Waals surface area contributed by atoms with Gasteiger partial charge < -0.3 is 30.6 Å². The molecule has 0 bridgehead atoms. The smallest absolute Gasteiger partial charge is 0.224 e.